The second kappa shape index (κ2) is 7.70. The maximum absolute atomic E-state index is 12.1. The van der Waals surface area contributed by atoms with Crippen LogP contribution < -0.4 is 11.1 Å². The van der Waals surface area contributed by atoms with Crippen molar-refractivity contribution in [3.63, 3.8) is 0 Å². The average Bonchev–Trinajstić information content (AvgIpc) is 2.45. The number of primary amides is 1. The van der Waals surface area contributed by atoms with E-state index < -0.39 is 20.3 Å². The van der Waals surface area contributed by atoms with E-state index >= 15 is 0 Å². The fourth-order valence-electron chi connectivity index (χ4n) is 1.68. The van der Waals surface area contributed by atoms with Gasteiger partial charge in [0.25, 0.3) is 5.91 Å². The summed E-state index contributed by atoms with van der Waals surface area (Å²) in [5.74, 6) is -0.908. The molecule has 1 atom stereocenters. The van der Waals surface area contributed by atoms with Gasteiger partial charge in [0.1, 0.15) is 6.04 Å². The van der Waals surface area contributed by atoms with Crippen molar-refractivity contribution in [3.05, 3.63) is 30.1 Å². The van der Waals surface area contributed by atoms with Crippen LogP contribution in [0.1, 0.15) is 37.6 Å². The van der Waals surface area contributed by atoms with Crippen molar-refractivity contribution in [2.75, 3.05) is 6.61 Å². The van der Waals surface area contributed by atoms with E-state index in [9.17, 15) is 9.59 Å². The number of nitrogens with zero attached hydrogens (tertiary/aromatic N) is 1. The van der Waals surface area contributed by atoms with Crippen LogP contribution in [0.2, 0.25) is 18.1 Å². The molecule has 0 fully saturated rings. The molecule has 128 valence electrons. The maximum Gasteiger partial charge on any atom is 0.252 e. The molecule has 2 amide bonds. The second-order valence-electron chi connectivity index (χ2n) is 7.06. The molecule has 0 bridgehead atoms. The topological polar surface area (TPSA) is 94.3 Å². The molecule has 23 heavy (non-hydrogen) atoms. The van der Waals surface area contributed by atoms with Gasteiger partial charge in [-0.2, -0.15) is 0 Å². The number of carbonyl (C=O) groups is 2. The number of aromatic nitrogens is 1. The first-order valence-corrected chi connectivity index (χ1v) is 10.6. The second-order valence-corrected chi connectivity index (χ2v) is 11.9. The minimum Gasteiger partial charge on any atom is -0.417 e. The summed E-state index contributed by atoms with van der Waals surface area (Å²) in [7, 11) is -1.88. The molecule has 0 aliphatic carbocycles. The van der Waals surface area contributed by atoms with E-state index in [4.69, 9.17) is 10.2 Å². The first-order valence-electron chi connectivity index (χ1n) is 7.69. The molecule has 0 aromatic carbocycles. The number of pyridine rings is 1. The van der Waals surface area contributed by atoms with Crippen molar-refractivity contribution in [2.24, 2.45) is 5.73 Å². The molecule has 0 saturated carbocycles. The van der Waals surface area contributed by atoms with Crippen LogP contribution >= 0.6 is 0 Å². The Kier molecular flexibility index (Phi) is 6.46. The highest BCUT2D eigenvalue weighted by molar-refractivity contribution is 6.74. The highest BCUT2D eigenvalue weighted by Crippen LogP contribution is 2.36. The number of nitrogens with two attached hydrogens (primary N) is 1. The number of hydrogen-bond acceptors (Lipinski definition) is 4. The summed E-state index contributed by atoms with van der Waals surface area (Å²) in [6.45, 7) is 11.1. The molecular formula is C16H27N3O3Si. The lowest BCUT2D eigenvalue weighted by Crippen LogP contribution is -2.47. The molecule has 7 heteroatoms. The average molecular weight is 337 g/mol. The third-order valence-corrected chi connectivity index (χ3v) is 8.81. The fourth-order valence-corrected chi connectivity index (χ4v) is 2.74. The Hall–Kier alpha value is -1.73. The van der Waals surface area contributed by atoms with Gasteiger partial charge in [0, 0.05) is 24.6 Å². The molecule has 6 nitrogen and oxygen atoms in total. The van der Waals surface area contributed by atoms with Crippen LogP contribution in [0.15, 0.2) is 24.5 Å². The molecule has 0 aliphatic rings. The van der Waals surface area contributed by atoms with Crippen molar-refractivity contribution in [3.8, 4) is 0 Å². The molecular weight excluding hydrogens is 310 g/mol. The Morgan fingerprint density at radius 3 is 2.35 bits per heavy atom. The standard InChI is InChI=1S/C16H27N3O3Si/c1-16(2,3)23(4,5)22-11-8-13(14(17)20)19-15(21)12-6-9-18-10-7-12/h6-7,9-10,13H,8,11H2,1-5H3,(H2,17,20)(H,19,21)/t13-/m1/s1. The van der Waals surface area contributed by atoms with Gasteiger partial charge in [0.05, 0.1) is 0 Å². The van der Waals surface area contributed by atoms with Crippen LogP contribution in [0.25, 0.3) is 0 Å². The van der Waals surface area contributed by atoms with E-state index in [1.165, 1.54) is 12.4 Å². The third-order valence-electron chi connectivity index (χ3n) is 4.27. The Balaban J connectivity index is 2.60. The SMILES string of the molecule is CC(C)(C)[Si](C)(C)OCC[C@@H](NC(=O)c1ccncc1)C(N)=O. The lowest BCUT2D eigenvalue weighted by molar-refractivity contribution is -0.120. The van der Waals surface area contributed by atoms with E-state index in [1.54, 1.807) is 12.1 Å². The summed E-state index contributed by atoms with van der Waals surface area (Å²) in [5.41, 5.74) is 5.83. The molecule has 1 heterocycles. The first kappa shape index (κ1) is 19.3. The fraction of sp³-hybridized carbons (Fsp3) is 0.562. The minimum atomic E-state index is -1.88. The highest BCUT2D eigenvalue weighted by Gasteiger charge is 2.37. The quantitative estimate of drug-likeness (QED) is 0.745. The number of nitrogens with one attached hydrogen (secondary N) is 1. The summed E-state index contributed by atoms with van der Waals surface area (Å²) in [6.07, 6.45) is 3.40. The van der Waals surface area contributed by atoms with Crippen molar-refractivity contribution in [2.45, 2.75) is 51.4 Å². The summed E-state index contributed by atoms with van der Waals surface area (Å²) >= 11 is 0. The minimum absolute atomic E-state index is 0.0928. The lowest BCUT2D eigenvalue weighted by atomic mass is 10.2. The molecule has 0 saturated heterocycles. The molecule has 0 unspecified atom stereocenters. The molecule has 0 spiro atoms. The predicted molar refractivity (Wildman–Crippen MR) is 92.5 cm³/mol. The Bertz CT molecular complexity index is 541. The van der Waals surface area contributed by atoms with Crippen LogP contribution in [-0.2, 0) is 9.22 Å². The van der Waals surface area contributed by atoms with Gasteiger partial charge >= 0.3 is 0 Å². The van der Waals surface area contributed by atoms with Crippen molar-refractivity contribution >= 4 is 20.1 Å². The summed E-state index contributed by atoms with van der Waals surface area (Å²) in [6, 6.07) is 2.42. The van der Waals surface area contributed by atoms with Crippen LogP contribution in [0.4, 0.5) is 0 Å². The monoisotopic (exact) mass is 337 g/mol. The van der Waals surface area contributed by atoms with Gasteiger partial charge in [0.2, 0.25) is 5.91 Å². The van der Waals surface area contributed by atoms with Gasteiger partial charge in [0.15, 0.2) is 8.32 Å². The van der Waals surface area contributed by atoms with Gasteiger partial charge in [-0.25, -0.2) is 0 Å². The number of hydrogen-bond donors (Lipinski definition) is 2. The van der Waals surface area contributed by atoms with Crippen LogP contribution in [-0.4, -0.2) is 37.8 Å². The predicted octanol–water partition coefficient (Wildman–Crippen LogP) is 2.08. The van der Waals surface area contributed by atoms with E-state index in [2.05, 4.69) is 44.2 Å². The zero-order chi connectivity index (χ0) is 17.7. The third kappa shape index (κ3) is 5.76. The maximum atomic E-state index is 12.1. The Morgan fingerprint density at radius 1 is 1.30 bits per heavy atom. The first-order chi connectivity index (χ1) is 10.5. The van der Waals surface area contributed by atoms with Crippen LogP contribution in [0.3, 0.4) is 0 Å². The smallest absolute Gasteiger partial charge is 0.252 e. The zero-order valence-electron chi connectivity index (χ0n) is 14.6. The lowest BCUT2D eigenvalue weighted by Gasteiger charge is -2.36. The van der Waals surface area contributed by atoms with Gasteiger partial charge < -0.3 is 15.5 Å². The summed E-state index contributed by atoms with van der Waals surface area (Å²) in [4.78, 5) is 27.5. The van der Waals surface area contributed by atoms with Gasteiger partial charge in [-0.05, 0) is 36.7 Å². The van der Waals surface area contributed by atoms with Gasteiger partial charge in [-0.3, -0.25) is 14.6 Å². The van der Waals surface area contributed by atoms with E-state index in [-0.39, 0.29) is 10.9 Å². The Labute approximate surface area is 138 Å². The summed E-state index contributed by atoms with van der Waals surface area (Å²) in [5, 5.41) is 2.74. The van der Waals surface area contributed by atoms with Crippen LogP contribution in [0.5, 0.6) is 0 Å². The van der Waals surface area contributed by atoms with E-state index in [0.717, 1.165) is 0 Å². The van der Waals surface area contributed by atoms with Crippen molar-refractivity contribution < 1.29 is 14.0 Å². The van der Waals surface area contributed by atoms with E-state index in [1.807, 2.05) is 0 Å². The van der Waals surface area contributed by atoms with Gasteiger partial charge in [-0.15, -0.1) is 0 Å². The van der Waals surface area contributed by atoms with Gasteiger partial charge in [-0.1, -0.05) is 20.8 Å². The molecule has 0 aliphatic heterocycles. The molecule has 1 aromatic rings. The van der Waals surface area contributed by atoms with E-state index in [0.29, 0.717) is 18.6 Å². The van der Waals surface area contributed by atoms with Crippen LogP contribution in [0, 0.1) is 0 Å². The normalized spacial score (nSPS) is 13.4. The molecule has 1 rings (SSSR count). The number of rotatable bonds is 7. The number of amides is 2. The highest BCUT2D eigenvalue weighted by atomic mass is 28.4. The largest absolute Gasteiger partial charge is 0.417 e. The Morgan fingerprint density at radius 2 is 1.87 bits per heavy atom. The molecule has 3 N–H and O–H groups in total. The van der Waals surface area contributed by atoms with Crippen molar-refractivity contribution in [1.29, 1.82) is 0 Å². The molecule has 1 aromatic heterocycles. The number of carbonyl (C=O) groups excluding carboxylic acids is 2. The summed E-state index contributed by atoms with van der Waals surface area (Å²) < 4.78 is 6.03. The molecule has 0 radical (unpaired) electrons. The van der Waals surface area contributed by atoms with Crippen molar-refractivity contribution in [1.82, 2.24) is 10.3 Å². The zero-order valence-corrected chi connectivity index (χ0v) is 15.6.